The van der Waals surface area contributed by atoms with Gasteiger partial charge in [-0.3, -0.25) is 4.72 Å². The number of pyridine rings is 1. The van der Waals surface area contributed by atoms with Gasteiger partial charge in [0.1, 0.15) is 16.4 Å². The van der Waals surface area contributed by atoms with E-state index in [9.17, 15) is 8.42 Å². The van der Waals surface area contributed by atoms with Crippen LogP contribution in [-0.4, -0.2) is 19.9 Å². The Morgan fingerprint density at radius 1 is 1.43 bits per heavy atom. The van der Waals surface area contributed by atoms with Gasteiger partial charge in [0.2, 0.25) is 0 Å². The monoisotopic (exact) mass is 373 g/mol. The second-order valence-electron chi connectivity index (χ2n) is 4.35. The lowest BCUT2D eigenvalue weighted by atomic mass is 10.4. The molecule has 0 saturated carbocycles. The summed E-state index contributed by atoms with van der Waals surface area (Å²) in [4.78, 5) is 4.11. The van der Waals surface area contributed by atoms with Gasteiger partial charge in [-0.25, -0.2) is 13.4 Å². The molecule has 0 aromatic carbocycles. The van der Waals surface area contributed by atoms with Crippen LogP contribution in [0.25, 0.3) is 0 Å². The molecule has 114 valence electrons. The summed E-state index contributed by atoms with van der Waals surface area (Å²) in [6, 6.07) is 4.94. The minimum absolute atomic E-state index is 0.118. The molecule has 6 nitrogen and oxygen atoms in total. The maximum atomic E-state index is 12.4. The van der Waals surface area contributed by atoms with Gasteiger partial charge in [-0.1, -0.05) is 6.92 Å². The zero-order valence-corrected chi connectivity index (χ0v) is 14.1. The van der Waals surface area contributed by atoms with Crippen molar-refractivity contribution in [2.75, 3.05) is 11.3 Å². The molecular formula is C13H16BrN3O3S. The van der Waals surface area contributed by atoms with E-state index in [1.165, 1.54) is 12.3 Å². The lowest BCUT2D eigenvalue weighted by molar-refractivity contribution is 0.460. The van der Waals surface area contributed by atoms with Gasteiger partial charge in [0, 0.05) is 12.3 Å². The van der Waals surface area contributed by atoms with Crippen molar-refractivity contribution in [2.45, 2.75) is 25.3 Å². The first-order chi connectivity index (χ1) is 9.94. The maximum Gasteiger partial charge on any atom is 0.266 e. The van der Waals surface area contributed by atoms with Gasteiger partial charge in [-0.2, -0.15) is 0 Å². The van der Waals surface area contributed by atoms with Gasteiger partial charge >= 0.3 is 0 Å². The van der Waals surface area contributed by atoms with Crippen LogP contribution in [0.5, 0.6) is 0 Å². The molecular weight excluding hydrogens is 358 g/mol. The molecule has 0 amide bonds. The van der Waals surface area contributed by atoms with Crippen LogP contribution in [-0.2, 0) is 16.6 Å². The van der Waals surface area contributed by atoms with Crippen molar-refractivity contribution >= 4 is 31.8 Å². The van der Waals surface area contributed by atoms with Gasteiger partial charge in [0.15, 0.2) is 5.82 Å². The summed E-state index contributed by atoms with van der Waals surface area (Å²) in [5.41, 5.74) is 0. The predicted octanol–water partition coefficient (Wildman–Crippen LogP) is 2.66. The summed E-state index contributed by atoms with van der Waals surface area (Å²) in [6.07, 6.45) is 1.52. The summed E-state index contributed by atoms with van der Waals surface area (Å²) < 4.78 is 33.3. The first-order valence-electron chi connectivity index (χ1n) is 6.37. The molecule has 0 fully saturated rings. The highest BCUT2D eigenvalue weighted by molar-refractivity contribution is 9.10. The van der Waals surface area contributed by atoms with Crippen LogP contribution in [0.1, 0.15) is 18.4 Å². The second kappa shape index (κ2) is 6.59. The number of halogens is 1. The first-order valence-corrected chi connectivity index (χ1v) is 8.65. The fourth-order valence-electron chi connectivity index (χ4n) is 1.77. The molecule has 2 rings (SSSR count). The fourth-order valence-corrected chi connectivity index (χ4v) is 3.49. The molecule has 0 atom stereocenters. The van der Waals surface area contributed by atoms with Crippen LogP contribution in [0.4, 0.5) is 5.82 Å². The number of nitrogens with zero attached hydrogens (tertiary/aromatic N) is 1. The zero-order valence-electron chi connectivity index (χ0n) is 11.7. The molecule has 0 aliphatic heterocycles. The number of anilines is 1. The van der Waals surface area contributed by atoms with Crippen LogP contribution in [0, 0.1) is 6.92 Å². The molecule has 0 aliphatic rings. The molecule has 21 heavy (non-hydrogen) atoms. The molecule has 0 unspecified atom stereocenters. The van der Waals surface area contributed by atoms with E-state index in [1.807, 2.05) is 6.92 Å². The summed E-state index contributed by atoms with van der Waals surface area (Å²) in [5.74, 6) is 1.17. The Morgan fingerprint density at radius 3 is 2.86 bits per heavy atom. The fraction of sp³-hybridized carbons (Fsp3) is 0.308. The van der Waals surface area contributed by atoms with Crippen molar-refractivity contribution in [1.82, 2.24) is 10.3 Å². The van der Waals surface area contributed by atoms with E-state index >= 15 is 0 Å². The molecule has 2 heterocycles. The molecule has 0 radical (unpaired) electrons. The van der Waals surface area contributed by atoms with Crippen LogP contribution in [0.2, 0.25) is 0 Å². The highest BCUT2D eigenvalue weighted by atomic mass is 79.9. The minimum atomic E-state index is -3.73. The number of sulfonamides is 1. The van der Waals surface area contributed by atoms with Crippen LogP contribution in [0.3, 0.4) is 0 Å². The van der Waals surface area contributed by atoms with Crippen molar-refractivity contribution in [2.24, 2.45) is 0 Å². The molecule has 8 heteroatoms. The number of furan rings is 1. The van der Waals surface area contributed by atoms with Gasteiger partial charge < -0.3 is 9.73 Å². The zero-order chi connectivity index (χ0) is 15.5. The maximum absolute atomic E-state index is 12.4. The average molecular weight is 374 g/mol. The Labute approximate surface area is 132 Å². The van der Waals surface area contributed by atoms with E-state index in [0.717, 1.165) is 6.54 Å². The highest BCUT2D eigenvalue weighted by Gasteiger charge is 2.22. The second-order valence-corrected chi connectivity index (χ2v) is 6.86. The number of nitrogens with one attached hydrogen (secondary N) is 2. The third-order valence-electron chi connectivity index (χ3n) is 2.75. The molecule has 0 bridgehead atoms. The smallest absolute Gasteiger partial charge is 0.266 e. The van der Waals surface area contributed by atoms with Crippen molar-refractivity contribution in [3.63, 3.8) is 0 Å². The standard InChI is InChI=1S/C13H16BrN3O3S/c1-3-15-8-10-7-12(9(2)20-10)21(18,19)17-13-11(14)5-4-6-16-13/h4-7,15H,3,8H2,1-2H3,(H,16,17). The van der Waals surface area contributed by atoms with Crippen LogP contribution < -0.4 is 10.0 Å². The Bertz CT molecular complexity index is 728. The van der Waals surface area contributed by atoms with Crippen molar-refractivity contribution in [3.8, 4) is 0 Å². The Kier molecular flexibility index (Phi) is 5.02. The normalized spacial score (nSPS) is 11.6. The predicted molar refractivity (Wildman–Crippen MR) is 83.6 cm³/mol. The number of rotatable bonds is 6. The minimum Gasteiger partial charge on any atom is -0.464 e. The van der Waals surface area contributed by atoms with Crippen molar-refractivity contribution < 1.29 is 12.8 Å². The molecule has 2 N–H and O–H groups in total. The summed E-state index contributed by atoms with van der Waals surface area (Å²) in [5, 5.41) is 3.09. The SMILES string of the molecule is CCNCc1cc(S(=O)(=O)Nc2ncccc2Br)c(C)o1. The first kappa shape index (κ1) is 16.0. The van der Waals surface area contributed by atoms with E-state index in [-0.39, 0.29) is 10.7 Å². The van der Waals surface area contributed by atoms with E-state index in [1.54, 1.807) is 19.1 Å². The summed E-state index contributed by atoms with van der Waals surface area (Å²) in [7, 11) is -3.73. The van der Waals surface area contributed by atoms with Gasteiger partial charge in [-0.05, 0) is 41.5 Å². The Hall–Kier alpha value is -1.38. The number of aromatic nitrogens is 1. The number of hydrogen-bond donors (Lipinski definition) is 2. The van der Waals surface area contributed by atoms with E-state index in [4.69, 9.17) is 4.42 Å². The van der Waals surface area contributed by atoms with E-state index in [0.29, 0.717) is 22.5 Å². The third-order valence-corrected chi connectivity index (χ3v) is 4.84. The van der Waals surface area contributed by atoms with Crippen molar-refractivity contribution in [1.29, 1.82) is 0 Å². The number of aryl methyl sites for hydroxylation is 1. The van der Waals surface area contributed by atoms with Gasteiger partial charge in [0.05, 0.1) is 11.0 Å². The Morgan fingerprint density at radius 2 is 2.19 bits per heavy atom. The topological polar surface area (TPSA) is 84.2 Å². The molecule has 2 aromatic heterocycles. The van der Waals surface area contributed by atoms with Gasteiger partial charge in [0.25, 0.3) is 10.0 Å². The van der Waals surface area contributed by atoms with E-state index in [2.05, 4.69) is 31.0 Å². The van der Waals surface area contributed by atoms with Crippen molar-refractivity contribution in [3.05, 3.63) is 40.4 Å². The molecule has 2 aromatic rings. The number of hydrogen-bond acceptors (Lipinski definition) is 5. The quantitative estimate of drug-likeness (QED) is 0.812. The largest absolute Gasteiger partial charge is 0.464 e. The molecule has 0 aliphatic carbocycles. The molecule has 0 saturated heterocycles. The lowest BCUT2D eigenvalue weighted by Crippen LogP contribution is -2.14. The Balaban J connectivity index is 2.27. The summed E-state index contributed by atoms with van der Waals surface area (Å²) in [6.45, 7) is 4.85. The lowest BCUT2D eigenvalue weighted by Gasteiger charge is -2.07. The van der Waals surface area contributed by atoms with Crippen LogP contribution >= 0.6 is 15.9 Å². The van der Waals surface area contributed by atoms with E-state index < -0.39 is 10.0 Å². The third kappa shape index (κ3) is 3.84. The van der Waals surface area contributed by atoms with Gasteiger partial charge in [-0.15, -0.1) is 0 Å². The average Bonchev–Trinajstić information content (AvgIpc) is 2.81. The highest BCUT2D eigenvalue weighted by Crippen LogP contribution is 2.25. The molecule has 0 spiro atoms. The van der Waals surface area contributed by atoms with Crippen LogP contribution in [0.15, 0.2) is 38.2 Å². The summed E-state index contributed by atoms with van der Waals surface area (Å²) >= 11 is 3.26.